The zero-order valence-corrected chi connectivity index (χ0v) is 13.7. The van der Waals surface area contributed by atoms with Gasteiger partial charge in [0.05, 0.1) is 12.9 Å². The van der Waals surface area contributed by atoms with Gasteiger partial charge in [-0.2, -0.15) is 0 Å². The van der Waals surface area contributed by atoms with Crippen molar-refractivity contribution in [1.82, 2.24) is 20.2 Å². The van der Waals surface area contributed by atoms with Gasteiger partial charge in [0.15, 0.2) is 5.82 Å². The topological polar surface area (TPSA) is 95.1 Å². The summed E-state index contributed by atoms with van der Waals surface area (Å²) in [5.74, 6) is 8.15. The summed E-state index contributed by atoms with van der Waals surface area (Å²) in [7, 11) is 1.62. The maximum absolute atomic E-state index is 11.9. The highest BCUT2D eigenvalue weighted by atomic mass is 32.2. The normalized spacial score (nSPS) is 13.8. The molecule has 0 spiro atoms. The molecule has 7 nitrogen and oxygen atoms in total. The van der Waals surface area contributed by atoms with Crippen LogP contribution in [-0.2, 0) is 11.3 Å². The van der Waals surface area contributed by atoms with E-state index in [1.165, 1.54) is 16.4 Å². The Bertz CT molecular complexity index is 699. The summed E-state index contributed by atoms with van der Waals surface area (Å²) < 4.78 is 6.66. The van der Waals surface area contributed by atoms with Crippen molar-refractivity contribution in [2.45, 2.75) is 30.5 Å². The van der Waals surface area contributed by atoms with Crippen LogP contribution in [0.4, 0.5) is 0 Å². The molecule has 3 N–H and O–H groups in total. The molecule has 23 heavy (non-hydrogen) atoms. The molecule has 0 atom stereocenters. The highest BCUT2D eigenvalue weighted by molar-refractivity contribution is 7.99. The minimum atomic E-state index is -0.0752. The number of ether oxygens (including phenoxy) is 1. The summed E-state index contributed by atoms with van der Waals surface area (Å²) in [4.78, 5) is 11.9. The minimum absolute atomic E-state index is 0.0752. The van der Waals surface area contributed by atoms with Crippen LogP contribution in [0.25, 0.3) is 0 Å². The lowest BCUT2D eigenvalue weighted by molar-refractivity contribution is -0.118. The van der Waals surface area contributed by atoms with E-state index in [1.54, 1.807) is 7.11 Å². The third-order valence-corrected chi connectivity index (χ3v) is 4.53. The second-order valence-electron chi connectivity index (χ2n) is 5.40. The smallest absolute Gasteiger partial charge is 0.230 e. The number of nitrogens with zero attached hydrogens (tertiary/aromatic N) is 3. The number of carbonyl (C=O) groups is 1. The number of thioether (sulfide) groups is 1. The van der Waals surface area contributed by atoms with Crippen molar-refractivity contribution in [1.29, 1.82) is 0 Å². The molecule has 122 valence electrons. The molecule has 0 aliphatic heterocycles. The first-order chi connectivity index (χ1) is 11.2. The number of nitrogen functional groups attached to an aromatic ring is 1. The molecule has 2 aromatic rings. The van der Waals surface area contributed by atoms with Crippen LogP contribution in [0.15, 0.2) is 29.4 Å². The number of methoxy groups -OCH3 is 1. The van der Waals surface area contributed by atoms with Gasteiger partial charge in [-0.15, -0.1) is 10.2 Å². The van der Waals surface area contributed by atoms with E-state index in [0.717, 1.165) is 30.0 Å². The van der Waals surface area contributed by atoms with Crippen molar-refractivity contribution in [2.24, 2.45) is 0 Å². The van der Waals surface area contributed by atoms with E-state index >= 15 is 0 Å². The summed E-state index contributed by atoms with van der Waals surface area (Å²) in [5, 5.41) is 11.6. The molecular weight excluding hydrogens is 314 g/mol. The number of hydrogen-bond acceptors (Lipinski definition) is 6. The summed E-state index contributed by atoms with van der Waals surface area (Å²) >= 11 is 1.29. The molecule has 1 saturated carbocycles. The average Bonchev–Trinajstić information content (AvgIpc) is 3.35. The van der Waals surface area contributed by atoms with Crippen LogP contribution in [0, 0.1) is 0 Å². The molecule has 0 saturated heterocycles. The average molecular weight is 333 g/mol. The standard InChI is InChI=1S/C15H19N5O2S/c1-22-12-4-2-3-10(7-12)8-17-13(21)9-23-15-19-18-14(20(15)16)11-5-6-11/h2-4,7,11H,5-6,8-9,16H2,1H3,(H,17,21). The Morgan fingerprint density at radius 2 is 2.30 bits per heavy atom. The van der Waals surface area contributed by atoms with Crippen molar-refractivity contribution >= 4 is 17.7 Å². The first-order valence-corrected chi connectivity index (χ1v) is 8.38. The Morgan fingerprint density at radius 1 is 1.48 bits per heavy atom. The quantitative estimate of drug-likeness (QED) is 0.585. The lowest BCUT2D eigenvalue weighted by Gasteiger charge is -2.07. The highest BCUT2D eigenvalue weighted by Gasteiger charge is 2.29. The molecule has 3 rings (SSSR count). The van der Waals surface area contributed by atoms with Crippen LogP contribution >= 0.6 is 11.8 Å². The predicted molar refractivity (Wildman–Crippen MR) is 87.7 cm³/mol. The van der Waals surface area contributed by atoms with E-state index in [9.17, 15) is 4.79 Å². The van der Waals surface area contributed by atoms with Crippen LogP contribution in [0.3, 0.4) is 0 Å². The SMILES string of the molecule is COc1cccc(CNC(=O)CSc2nnc(C3CC3)n2N)c1. The third kappa shape index (κ3) is 3.95. The fourth-order valence-electron chi connectivity index (χ4n) is 2.17. The lowest BCUT2D eigenvalue weighted by Crippen LogP contribution is -2.25. The number of benzene rings is 1. The van der Waals surface area contributed by atoms with Gasteiger partial charge in [-0.05, 0) is 30.5 Å². The molecule has 0 radical (unpaired) electrons. The van der Waals surface area contributed by atoms with Gasteiger partial charge in [-0.3, -0.25) is 4.79 Å². The summed E-state index contributed by atoms with van der Waals surface area (Å²) in [6.45, 7) is 0.458. The Kier molecular flexibility index (Phi) is 4.71. The minimum Gasteiger partial charge on any atom is -0.497 e. The Balaban J connectivity index is 1.47. The largest absolute Gasteiger partial charge is 0.497 e. The summed E-state index contributed by atoms with van der Waals surface area (Å²) in [6, 6.07) is 7.60. The Labute approximate surface area is 138 Å². The van der Waals surface area contributed by atoms with E-state index in [1.807, 2.05) is 24.3 Å². The van der Waals surface area contributed by atoms with Crippen LogP contribution in [0.1, 0.15) is 30.1 Å². The molecule has 1 fully saturated rings. The van der Waals surface area contributed by atoms with Crippen molar-refractivity contribution in [3.8, 4) is 5.75 Å². The van der Waals surface area contributed by atoms with Gasteiger partial charge in [0, 0.05) is 12.5 Å². The van der Waals surface area contributed by atoms with Crippen LogP contribution in [0.2, 0.25) is 0 Å². The third-order valence-electron chi connectivity index (χ3n) is 3.59. The number of amides is 1. The second kappa shape index (κ2) is 6.91. The number of rotatable bonds is 7. The van der Waals surface area contributed by atoms with Gasteiger partial charge in [0.25, 0.3) is 0 Å². The number of aromatic nitrogens is 3. The molecule has 8 heteroatoms. The number of hydrogen-bond donors (Lipinski definition) is 2. The maximum atomic E-state index is 11.9. The van der Waals surface area contributed by atoms with E-state index < -0.39 is 0 Å². The Hall–Kier alpha value is -2.22. The van der Waals surface area contributed by atoms with E-state index in [0.29, 0.717) is 17.6 Å². The highest BCUT2D eigenvalue weighted by Crippen LogP contribution is 2.39. The van der Waals surface area contributed by atoms with E-state index in [4.69, 9.17) is 10.6 Å². The fraction of sp³-hybridized carbons (Fsp3) is 0.400. The molecule has 1 heterocycles. The van der Waals surface area contributed by atoms with E-state index in [-0.39, 0.29) is 11.7 Å². The zero-order valence-electron chi connectivity index (χ0n) is 12.9. The number of nitrogens with one attached hydrogen (secondary N) is 1. The van der Waals surface area contributed by atoms with Crippen LogP contribution in [-0.4, -0.2) is 33.6 Å². The second-order valence-corrected chi connectivity index (χ2v) is 6.34. The van der Waals surface area contributed by atoms with Crippen LogP contribution < -0.4 is 15.9 Å². The molecule has 1 amide bonds. The van der Waals surface area contributed by atoms with Gasteiger partial charge in [0.2, 0.25) is 11.1 Å². The lowest BCUT2D eigenvalue weighted by atomic mass is 10.2. The van der Waals surface area contributed by atoms with Crippen molar-refractivity contribution in [2.75, 3.05) is 18.7 Å². The van der Waals surface area contributed by atoms with Gasteiger partial charge in [0.1, 0.15) is 5.75 Å². The molecule has 0 unspecified atom stereocenters. The number of carbonyl (C=O) groups excluding carboxylic acids is 1. The van der Waals surface area contributed by atoms with E-state index in [2.05, 4.69) is 15.5 Å². The monoisotopic (exact) mass is 333 g/mol. The first kappa shape index (κ1) is 15.7. The predicted octanol–water partition coefficient (Wildman–Crippen LogP) is 1.29. The van der Waals surface area contributed by atoms with Crippen molar-refractivity contribution in [3.63, 3.8) is 0 Å². The van der Waals surface area contributed by atoms with Gasteiger partial charge >= 0.3 is 0 Å². The fourth-order valence-corrected chi connectivity index (χ4v) is 2.86. The Morgan fingerprint density at radius 3 is 3.04 bits per heavy atom. The molecule has 1 aromatic carbocycles. The summed E-state index contributed by atoms with van der Waals surface area (Å²) in [6.07, 6.45) is 2.22. The molecule has 0 bridgehead atoms. The molecule has 1 aromatic heterocycles. The molecule has 1 aliphatic rings. The maximum Gasteiger partial charge on any atom is 0.230 e. The van der Waals surface area contributed by atoms with Gasteiger partial charge in [-0.25, -0.2) is 4.68 Å². The molecule has 1 aliphatic carbocycles. The summed E-state index contributed by atoms with van der Waals surface area (Å²) in [5.41, 5.74) is 0.987. The van der Waals surface area contributed by atoms with Crippen molar-refractivity contribution < 1.29 is 9.53 Å². The zero-order chi connectivity index (χ0) is 16.2. The van der Waals surface area contributed by atoms with Gasteiger partial charge in [-0.1, -0.05) is 23.9 Å². The van der Waals surface area contributed by atoms with Crippen molar-refractivity contribution in [3.05, 3.63) is 35.7 Å². The first-order valence-electron chi connectivity index (χ1n) is 7.40. The van der Waals surface area contributed by atoms with Crippen LogP contribution in [0.5, 0.6) is 5.75 Å². The van der Waals surface area contributed by atoms with Gasteiger partial charge < -0.3 is 15.9 Å². The molecular formula is C15H19N5O2S. The number of nitrogens with two attached hydrogens (primary N) is 1.